The van der Waals surface area contributed by atoms with Gasteiger partial charge >= 0.3 is 0 Å². The van der Waals surface area contributed by atoms with Crippen LogP contribution in [-0.4, -0.2) is 13.4 Å². The monoisotopic (exact) mass is 324 g/mol. The Morgan fingerprint density at radius 3 is 2.57 bits per heavy atom. The van der Waals surface area contributed by atoms with Crippen molar-refractivity contribution in [2.45, 2.75) is 31.6 Å². The smallest absolute Gasteiger partial charge is 0.264 e. The number of halogens is 1. The molecule has 1 N–H and O–H groups in total. The number of pyridine rings is 1. The van der Waals surface area contributed by atoms with Gasteiger partial charge in [-0.2, -0.15) is 0 Å². The van der Waals surface area contributed by atoms with Crippen molar-refractivity contribution in [2.75, 3.05) is 4.72 Å². The molecular formula is C15H17ClN2O2S. The number of aromatic nitrogens is 1. The molecule has 21 heavy (non-hydrogen) atoms. The zero-order valence-electron chi connectivity index (χ0n) is 12.1. The minimum absolute atomic E-state index is 0.0235. The van der Waals surface area contributed by atoms with E-state index >= 15 is 0 Å². The van der Waals surface area contributed by atoms with Crippen molar-refractivity contribution in [3.05, 3.63) is 52.8 Å². The quantitative estimate of drug-likeness (QED) is 0.925. The maximum absolute atomic E-state index is 12.5. The van der Waals surface area contributed by atoms with Gasteiger partial charge in [-0.25, -0.2) is 8.42 Å². The molecule has 0 spiro atoms. The highest BCUT2D eigenvalue weighted by molar-refractivity contribution is 7.92. The van der Waals surface area contributed by atoms with E-state index < -0.39 is 10.0 Å². The van der Waals surface area contributed by atoms with Crippen LogP contribution < -0.4 is 4.72 Å². The van der Waals surface area contributed by atoms with Crippen molar-refractivity contribution in [1.82, 2.24) is 4.98 Å². The second-order valence-electron chi connectivity index (χ2n) is 5.11. The second-order valence-corrected chi connectivity index (χ2v) is 7.16. The first kappa shape index (κ1) is 15.8. The van der Waals surface area contributed by atoms with Gasteiger partial charge < -0.3 is 0 Å². The number of hydrogen-bond acceptors (Lipinski definition) is 3. The van der Waals surface area contributed by atoms with E-state index in [0.717, 1.165) is 11.1 Å². The molecule has 0 aliphatic rings. The fraction of sp³-hybridized carbons (Fsp3) is 0.267. The Kier molecular flexibility index (Phi) is 4.54. The summed E-state index contributed by atoms with van der Waals surface area (Å²) in [7, 11) is -3.77. The molecule has 112 valence electrons. The molecule has 0 saturated heterocycles. The first-order chi connectivity index (χ1) is 9.83. The standard InChI is InChI=1S/C15H17ClN2O2S/c1-10(2)12-6-4-5-11(3)15(12)18-21(19,20)14-9-17-8-7-13(14)16/h4-10,18H,1-3H3. The van der Waals surface area contributed by atoms with Gasteiger partial charge in [0.05, 0.1) is 10.7 Å². The molecule has 0 atom stereocenters. The Morgan fingerprint density at radius 2 is 1.95 bits per heavy atom. The largest absolute Gasteiger partial charge is 0.279 e. The van der Waals surface area contributed by atoms with Gasteiger partial charge in [-0.05, 0) is 30.0 Å². The molecule has 2 rings (SSSR count). The number of anilines is 1. The van der Waals surface area contributed by atoms with Crippen LogP contribution in [0, 0.1) is 6.92 Å². The Labute approximate surface area is 130 Å². The summed E-state index contributed by atoms with van der Waals surface area (Å²) in [5, 5.41) is 0.150. The Balaban J connectivity index is 2.50. The highest BCUT2D eigenvalue weighted by atomic mass is 35.5. The maximum Gasteiger partial charge on any atom is 0.264 e. The van der Waals surface area contributed by atoms with Crippen LogP contribution in [-0.2, 0) is 10.0 Å². The molecule has 1 aromatic carbocycles. The van der Waals surface area contributed by atoms with Crippen molar-refractivity contribution in [3.8, 4) is 0 Å². The summed E-state index contributed by atoms with van der Waals surface area (Å²) in [5.41, 5.74) is 2.41. The number of para-hydroxylation sites is 1. The Bertz CT molecular complexity index is 758. The summed E-state index contributed by atoms with van der Waals surface area (Å²) in [6, 6.07) is 7.16. The molecule has 0 fully saturated rings. The van der Waals surface area contributed by atoms with Gasteiger partial charge in [0, 0.05) is 12.4 Å². The molecule has 4 nitrogen and oxygen atoms in total. The molecular weight excluding hydrogens is 308 g/mol. The maximum atomic E-state index is 12.5. The van der Waals surface area contributed by atoms with Crippen LogP contribution in [0.3, 0.4) is 0 Å². The summed E-state index contributed by atoms with van der Waals surface area (Å²) in [4.78, 5) is 3.81. The minimum atomic E-state index is -3.77. The summed E-state index contributed by atoms with van der Waals surface area (Å²) in [6.07, 6.45) is 2.70. The lowest BCUT2D eigenvalue weighted by molar-refractivity contribution is 0.600. The van der Waals surface area contributed by atoms with Crippen LogP contribution in [0.25, 0.3) is 0 Å². The summed E-state index contributed by atoms with van der Waals surface area (Å²) < 4.78 is 27.7. The number of sulfonamides is 1. The molecule has 0 amide bonds. The van der Waals surface area contributed by atoms with Gasteiger partial charge in [0.15, 0.2) is 0 Å². The number of nitrogens with one attached hydrogen (secondary N) is 1. The third-order valence-electron chi connectivity index (χ3n) is 3.19. The van der Waals surface area contributed by atoms with Gasteiger partial charge in [-0.15, -0.1) is 0 Å². The second kappa shape index (κ2) is 6.03. The van der Waals surface area contributed by atoms with E-state index in [9.17, 15) is 8.42 Å². The van der Waals surface area contributed by atoms with Gasteiger partial charge in [-0.3, -0.25) is 9.71 Å². The molecule has 0 bridgehead atoms. The van der Waals surface area contributed by atoms with Crippen LogP contribution in [0.15, 0.2) is 41.6 Å². The van der Waals surface area contributed by atoms with Gasteiger partial charge in [0.2, 0.25) is 0 Å². The van der Waals surface area contributed by atoms with Gasteiger partial charge in [0.1, 0.15) is 4.90 Å². The zero-order valence-corrected chi connectivity index (χ0v) is 13.7. The number of nitrogens with zero attached hydrogens (tertiary/aromatic N) is 1. The van der Waals surface area contributed by atoms with E-state index in [1.165, 1.54) is 18.5 Å². The zero-order chi connectivity index (χ0) is 15.6. The summed E-state index contributed by atoms with van der Waals surface area (Å²) in [5.74, 6) is 0.201. The molecule has 1 aromatic heterocycles. The third kappa shape index (κ3) is 3.36. The van der Waals surface area contributed by atoms with Gasteiger partial charge in [-0.1, -0.05) is 43.6 Å². The van der Waals surface area contributed by atoms with E-state index in [4.69, 9.17) is 11.6 Å². The van der Waals surface area contributed by atoms with E-state index in [2.05, 4.69) is 9.71 Å². The topological polar surface area (TPSA) is 59.1 Å². The summed E-state index contributed by atoms with van der Waals surface area (Å²) in [6.45, 7) is 5.90. The van der Waals surface area contributed by atoms with Gasteiger partial charge in [0.25, 0.3) is 10.0 Å². The SMILES string of the molecule is Cc1cccc(C(C)C)c1NS(=O)(=O)c1cnccc1Cl. The molecule has 0 aliphatic heterocycles. The number of hydrogen-bond donors (Lipinski definition) is 1. The lowest BCUT2D eigenvalue weighted by Gasteiger charge is -2.17. The number of rotatable bonds is 4. The first-order valence-corrected chi connectivity index (χ1v) is 8.41. The lowest BCUT2D eigenvalue weighted by Crippen LogP contribution is -2.16. The Morgan fingerprint density at radius 1 is 1.24 bits per heavy atom. The van der Waals surface area contributed by atoms with Crippen molar-refractivity contribution in [2.24, 2.45) is 0 Å². The highest BCUT2D eigenvalue weighted by Crippen LogP contribution is 2.30. The predicted molar refractivity (Wildman–Crippen MR) is 85.3 cm³/mol. The molecule has 0 saturated carbocycles. The highest BCUT2D eigenvalue weighted by Gasteiger charge is 2.21. The molecule has 1 heterocycles. The fourth-order valence-corrected chi connectivity index (χ4v) is 3.65. The summed E-state index contributed by atoms with van der Waals surface area (Å²) >= 11 is 5.96. The number of benzene rings is 1. The van der Waals surface area contributed by atoms with Crippen molar-refractivity contribution in [1.29, 1.82) is 0 Å². The van der Waals surface area contributed by atoms with Crippen LogP contribution in [0.2, 0.25) is 5.02 Å². The van der Waals surface area contributed by atoms with E-state index in [0.29, 0.717) is 5.69 Å². The fourth-order valence-electron chi connectivity index (χ4n) is 2.06. The van der Waals surface area contributed by atoms with Crippen molar-refractivity contribution < 1.29 is 8.42 Å². The predicted octanol–water partition coefficient (Wildman–Crippen LogP) is 3.97. The molecule has 2 aromatic rings. The van der Waals surface area contributed by atoms with Crippen LogP contribution >= 0.6 is 11.6 Å². The first-order valence-electron chi connectivity index (χ1n) is 6.55. The third-order valence-corrected chi connectivity index (χ3v) is 5.01. The molecule has 0 radical (unpaired) electrons. The van der Waals surface area contributed by atoms with Crippen LogP contribution in [0.5, 0.6) is 0 Å². The minimum Gasteiger partial charge on any atom is -0.279 e. The van der Waals surface area contributed by atoms with Crippen molar-refractivity contribution in [3.63, 3.8) is 0 Å². The molecule has 6 heteroatoms. The normalized spacial score (nSPS) is 11.7. The number of aryl methyl sites for hydroxylation is 1. The van der Waals surface area contributed by atoms with E-state index in [1.807, 2.05) is 39.0 Å². The van der Waals surface area contributed by atoms with E-state index in [1.54, 1.807) is 0 Å². The average molecular weight is 325 g/mol. The average Bonchev–Trinajstić information content (AvgIpc) is 2.41. The Hall–Kier alpha value is -1.59. The molecule has 0 aliphatic carbocycles. The van der Waals surface area contributed by atoms with E-state index in [-0.39, 0.29) is 15.8 Å². The van der Waals surface area contributed by atoms with Crippen LogP contribution in [0.1, 0.15) is 30.9 Å². The van der Waals surface area contributed by atoms with Crippen molar-refractivity contribution >= 4 is 27.3 Å². The van der Waals surface area contributed by atoms with Crippen LogP contribution in [0.4, 0.5) is 5.69 Å². The lowest BCUT2D eigenvalue weighted by atomic mass is 9.99. The molecule has 0 unspecified atom stereocenters.